The number of hydrogen-bond donors (Lipinski definition) is 1. The second kappa shape index (κ2) is 8.56. The molecule has 156 valence electrons. The molecule has 0 aliphatic heterocycles. The molecule has 3 nitrogen and oxygen atoms in total. The largest absolute Gasteiger partial charge is 0.481 e. The Morgan fingerprint density at radius 2 is 1.48 bits per heavy atom. The summed E-state index contributed by atoms with van der Waals surface area (Å²) >= 11 is 0. The van der Waals surface area contributed by atoms with Gasteiger partial charge in [-0.1, -0.05) is 25.1 Å². The standard InChI is InChI=1S/C26H20F2O3/c1-2-21-23(22-12-7-18(28)14-24(22)25(21)15-26(29)30)13-16-3-8-19(9-4-16)31-20-10-5-17(27)6-11-20/h3-14H,2,15H2,1H3,(H,29,30)/b23-13-. The molecular formula is C26H20F2O3. The smallest absolute Gasteiger partial charge is 0.307 e. The van der Waals surface area contributed by atoms with Crippen molar-refractivity contribution < 1.29 is 23.4 Å². The van der Waals surface area contributed by atoms with Crippen LogP contribution in [0.2, 0.25) is 0 Å². The minimum atomic E-state index is -0.945. The molecule has 1 aliphatic carbocycles. The van der Waals surface area contributed by atoms with Crippen molar-refractivity contribution >= 4 is 23.2 Å². The Bertz CT molecular complexity index is 1190. The molecule has 31 heavy (non-hydrogen) atoms. The molecular weight excluding hydrogens is 398 g/mol. The summed E-state index contributed by atoms with van der Waals surface area (Å²) < 4.78 is 32.6. The lowest BCUT2D eigenvalue weighted by Crippen LogP contribution is -1.97. The number of carboxylic acids is 1. The molecule has 0 radical (unpaired) electrons. The van der Waals surface area contributed by atoms with E-state index >= 15 is 0 Å². The van der Waals surface area contributed by atoms with E-state index in [4.69, 9.17) is 4.74 Å². The van der Waals surface area contributed by atoms with Crippen LogP contribution in [-0.2, 0) is 4.79 Å². The van der Waals surface area contributed by atoms with Gasteiger partial charge in [0, 0.05) is 0 Å². The summed E-state index contributed by atoms with van der Waals surface area (Å²) in [7, 11) is 0. The number of aliphatic carboxylic acids is 1. The molecule has 1 N–H and O–H groups in total. The highest BCUT2D eigenvalue weighted by atomic mass is 19.1. The fraction of sp³-hybridized carbons (Fsp3) is 0.115. The molecule has 0 amide bonds. The van der Waals surface area contributed by atoms with Crippen LogP contribution < -0.4 is 4.74 Å². The highest BCUT2D eigenvalue weighted by molar-refractivity contribution is 6.07. The van der Waals surface area contributed by atoms with Gasteiger partial charge in [0.1, 0.15) is 23.1 Å². The molecule has 4 rings (SSSR count). The van der Waals surface area contributed by atoms with E-state index in [2.05, 4.69) is 0 Å². The third-order valence-corrected chi connectivity index (χ3v) is 5.21. The first-order valence-electron chi connectivity index (χ1n) is 9.94. The second-order valence-electron chi connectivity index (χ2n) is 7.25. The summed E-state index contributed by atoms with van der Waals surface area (Å²) in [5.41, 5.74) is 4.85. The average molecular weight is 418 g/mol. The summed E-state index contributed by atoms with van der Waals surface area (Å²) in [6, 6.07) is 17.7. The second-order valence-corrected chi connectivity index (χ2v) is 7.25. The monoisotopic (exact) mass is 418 g/mol. The van der Waals surface area contributed by atoms with E-state index in [9.17, 15) is 18.7 Å². The molecule has 0 saturated heterocycles. The maximum absolute atomic E-state index is 13.9. The topological polar surface area (TPSA) is 46.5 Å². The molecule has 3 aromatic carbocycles. The Kier molecular flexibility index (Phi) is 5.67. The number of benzene rings is 3. The zero-order valence-corrected chi connectivity index (χ0v) is 16.9. The van der Waals surface area contributed by atoms with Crippen molar-refractivity contribution in [2.45, 2.75) is 19.8 Å². The molecule has 0 spiro atoms. The number of allylic oxidation sites excluding steroid dienone is 2. The van der Waals surface area contributed by atoms with Crippen molar-refractivity contribution in [2.24, 2.45) is 0 Å². The molecule has 0 saturated carbocycles. The van der Waals surface area contributed by atoms with E-state index < -0.39 is 5.97 Å². The van der Waals surface area contributed by atoms with Crippen molar-refractivity contribution in [3.05, 3.63) is 101 Å². The lowest BCUT2D eigenvalue weighted by Gasteiger charge is -2.08. The quantitative estimate of drug-likeness (QED) is 0.471. The summed E-state index contributed by atoms with van der Waals surface area (Å²) in [5, 5.41) is 9.34. The first-order chi connectivity index (χ1) is 14.9. The molecule has 1 aliphatic rings. The number of halogens is 2. The van der Waals surface area contributed by atoms with Gasteiger partial charge in [0.15, 0.2) is 0 Å². The van der Waals surface area contributed by atoms with Crippen LogP contribution in [-0.4, -0.2) is 11.1 Å². The highest BCUT2D eigenvalue weighted by Crippen LogP contribution is 2.45. The van der Waals surface area contributed by atoms with Crippen molar-refractivity contribution in [3.63, 3.8) is 0 Å². The molecule has 0 atom stereocenters. The van der Waals surface area contributed by atoms with E-state index in [0.717, 1.165) is 22.3 Å². The minimum Gasteiger partial charge on any atom is -0.481 e. The van der Waals surface area contributed by atoms with Gasteiger partial charge in [0.25, 0.3) is 0 Å². The molecule has 3 aromatic rings. The Hall–Kier alpha value is -3.73. The van der Waals surface area contributed by atoms with Gasteiger partial charge in [-0.05, 0) is 94.4 Å². The maximum Gasteiger partial charge on any atom is 0.307 e. The number of ether oxygens (including phenoxy) is 1. The van der Waals surface area contributed by atoms with Gasteiger partial charge in [-0.2, -0.15) is 0 Å². The number of carboxylic acid groups (broad SMARTS) is 1. The molecule has 0 fully saturated rings. The van der Waals surface area contributed by atoms with Gasteiger partial charge < -0.3 is 9.84 Å². The van der Waals surface area contributed by atoms with Crippen LogP contribution in [0, 0.1) is 11.6 Å². The number of rotatable bonds is 6. The summed E-state index contributed by atoms with van der Waals surface area (Å²) in [5.74, 6) is -0.511. The Morgan fingerprint density at radius 3 is 2.10 bits per heavy atom. The average Bonchev–Trinajstić information content (AvgIpc) is 3.02. The maximum atomic E-state index is 13.9. The summed E-state index contributed by atoms with van der Waals surface area (Å²) in [6.45, 7) is 1.97. The fourth-order valence-electron chi connectivity index (χ4n) is 3.85. The van der Waals surface area contributed by atoms with Gasteiger partial charge in [0.05, 0.1) is 6.42 Å². The normalized spacial score (nSPS) is 14.1. The highest BCUT2D eigenvalue weighted by Gasteiger charge is 2.27. The first kappa shape index (κ1) is 20.5. The predicted octanol–water partition coefficient (Wildman–Crippen LogP) is 6.95. The lowest BCUT2D eigenvalue weighted by molar-refractivity contribution is -0.135. The van der Waals surface area contributed by atoms with Crippen LogP contribution in [0.3, 0.4) is 0 Å². The van der Waals surface area contributed by atoms with E-state index in [0.29, 0.717) is 29.1 Å². The lowest BCUT2D eigenvalue weighted by atomic mass is 9.98. The van der Waals surface area contributed by atoms with E-state index in [-0.39, 0.29) is 18.1 Å². The SMILES string of the molecule is CCC1=C(CC(=O)O)c2cc(F)ccc2/C1=C\c1ccc(Oc2ccc(F)cc2)cc1. The van der Waals surface area contributed by atoms with E-state index in [1.54, 1.807) is 18.2 Å². The summed E-state index contributed by atoms with van der Waals surface area (Å²) in [6.07, 6.45) is 2.46. The molecule has 5 heteroatoms. The van der Waals surface area contributed by atoms with Crippen LogP contribution in [0.15, 0.2) is 72.3 Å². The number of carbonyl (C=O) groups is 1. The van der Waals surface area contributed by atoms with Crippen molar-refractivity contribution in [1.82, 2.24) is 0 Å². The Labute approximate surface area is 178 Å². The van der Waals surface area contributed by atoms with Crippen molar-refractivity contribution in [3.8, 4) is 11.5 Å². The number of hydrogen-bond acceptors (Lipinski definition) is 2. The van der Waals surface area contributed by atoms with Gasteiger partial charge in [-0.3, -0.25) is 4.79 Å². The zero-order valence-electron chi connectivity index (χ0n) is 16.9. The molecule has 0 bridgehead atoms. The van der Waals surface area contributed by atoms with E-state index in [1.807, 2.05) is 37.3 Å². The third-order valence-electron chi connectivity index (χ3n) is 5.21. The van der Waals surface area contributed by atoms with Crippen molar-refractivity contribution in [1.29, 1.82) is 0 Å². The van der Waals surface area contributed by atoms with Crippen LogP contribution in [0.1, 0.15) is 36.5 Å². The third kappa shape index (κ3) is 4.40. The molecule has 0 heterocycles. The fourth-order valence-corrected chi connectivity index (χ4v) is 3.85. The molecule has 0 unspecified atom stereocenters. The van der Waals surface area contributed by atoms with Gasteiger partial charge in [-0.25, -0.2) is 8.78 Å². The van der Waals surface area contributed by atoms with Crippen LogP contribution in [0.5, 0.6) is 11.5 Å². The Balaban J connectivity index is 1.67. The van der Waals surface area contributed by atoms with Gasteiger partial charge in [-0.15, -0.1) is 0 Å². The first-order valence-corrected chi connectivity index (χ1v) is 9.94. The van der Waals surface area contributed by atoms with Crippen LogP contribution in [0.4, 0.5) is 8.78 Å². The zero-order chi connectivity index (χ0) is 22.0. The van der Waals surface area contributed by atoms with Crippen LogP contribution in [0.25, 0.3) is 17.2 Å². The summed E-state index contributed by atoms with van der Waals surface area (Å²) in [4.78, 5) is 11.4. The van der Waals surface area contributed by atoms with Gasteiger partial charge >= 0.3 is 5.97 Å². The van der Waals surface area contributed by atoms with Crippen molar-refractivity contribution in [2.75, 3.05) is 0 Å². The van der Waals surface area contributed by atoms with Gasteiger partial charge in [0.2, 0.25) is 0 Å². The Morgan fingerprint density at radius 1 is 0.871 bits per heavy atom. The predicted molar refractivity (Wildman–Crippen MR) is 117 cm³/mol. The molecule has 0 aromatic heterocycles. The number of fused-ring (bicyclic) bond motifs is 1. The van der Waals surface area contributed by atoms with E-state index in [1.165, 1.54) is 24.3 Å². The minimum absolute atomic E-state index is 0.151. The van der Waals surface area contributed by atoms with Crippen LogP contribution >= 0.6 is 0 Å².